The molecule has 0 N–H and O–H groups in total. The quantitative estimate of drug-likeness (QED) is 0.475. The van der Waals surface area contributed by atoms with Crippen LogP contribution < -0.4 is 0 Å². The fraction of sp³-hybridized carbons (Fsp3) is 0.125. The molecule has 0 atom stereocenters. The zero-order chi connectivity index (χ0) is 13.8. The number of ketones is 1. The van der Waals surface area contributed by atoms with Crippen molar-refractivity contribution in [3.05, 3.63) is 64.6 Å². The molecule has 0 fully saturated rings. The molecular formula is C16H13NO2. The summed E-state index contributed by atoms with van der Waals surface area (Å²) in [4.78, 5) is 12.1. The standard InChI is InChI=1S/C16H13NO2/c1-11-5-6-12(2)13(8-11)9-14(10-17)16(18)15-4-3-7-19-15/h3-9H,1-2H3/b14-9+. The number of Topliss-reactive ketones (excluding diaryl/α,β-unsaturated/α-hetero) is 1. The molecule has 0 radical (unpaired) electrons. The summed E-state index contributed by atoms with van der Waals surface area (Å²) in [6.45, 7) is 3.91. The fourth-order valence-electron chi connectivity index (χ4n) is 1.76. The average Bonchev–Trinajstić information content (AvgIpc) is 2.93. The van der Waals surface area contributed by atoms with Gasteiger partial charge in [0, 0.05) is 0 Å². The van der Waals surface area contributed by atoms with Crippen LogP contribution >= 0.6 is 0 Å². The van der Waals surface area contributed by atoms with Crippen LogP contribution in [-0.4, -0.2) is 5.78 Å². The van der Waals surface area contributed by atoms with Crippen molar-refractivity contribution >= 4 is 11.9 Å². The predicted molar refractivity (Wildman–Crippen MR) is 72.5 cm³/mol. The predicted octanol–water partition coefficient (Wildman–Crippen LogP) is 3.69. The van der Waals surface area contributed by atoms with Crippen LogP contribution in [0.1, 0.15) is 27.2 Å². The summed E-state index contributed by atoms with van der Waals surface area (Å²) in [6.07, 6.45) is 3.02. The summed E-state index contributed by atoms with van der Waals surface area (Å²) in [7, 11) is 0. The molecule has 1 aromatic heterocycles. The first kappa shape index (κ1) is 12.8. The van der Waals surface area contributed by atoms with Crippen molar-refractivity contribution in [2.24, 2.45) is 0 Å². The second-order valence-electron chi connectivity index (χ2n) is 4.34. The lowest BCUT2D eigenvalue weighted by Gasteiger charge is -2.02. The van der Waals surface area contributed by atoms with Crippen molar-refractivity contribution < 1.29 is 9.21 Å². The second kappa shape index (κ2) is 5.36. The maximum Gasteiger partial charge on any atom is 0.238 e. The molecule has 0 aliphatic rings. The molecular weight excluding hydrogens is 238 g/mol. The molecule has 0 bridgehead atoms. The molecule has 0 aliphatic carbocycles. The number of carbonyl (C=O) groups excluding carboxylic acids is 1. The Bertz CT molecular complexity index is 673. The summed E-state index contributed by atoms with van der Waals surface area (Å²) in [5.74, 6) is -0.216. The molecule has 0 saturated heterocycles. The number of carbonyl (C=O) groups is 1. The number of nitriles is 1. The summed E-state index contributed by atoms with van der Waals surface area (Å²) < 4.78 is 5.03. The van der Waals surface area contributed by atoms with Gasteiger partial charge in [0.25, 0.3) is 0 Å². The molecule has 3 nitrogen and oxygen atoms in total. The number of benzene rings is 1. The van der Waals surface area contributed by atoms with E-state index in [-0.39, 0.29) is 11.3 Å². The van der Waals surface area contributed by atoms with Gasteiger partial charge in [0.15, 0.2) is 5.76 Å². The van der Waals surface area contributed by atoms with Gasteiger partial charge < -0.3 is 4.42 Å². The number of nitrogens with zero attached hydrogens (tertiary/aromatic N) is 1. The van der Waals surface area contributed by atoms with Crippen LogP contribution in [0.5, 0.6) is 0 Å². The van der Waals surface area contributed by atoms with Gasteiger partial charge in [-0.2, -0.15) is 5.26 Å². The van der Waals surface area contributed by atoms with E-state index < -0.39 is 5.78 Å². The minimum absolute atomic E-state index is 0.0728. The van der Waals surface area contributed by atoms with Crippen molar-refractivity contribution in [3.63, 3.8) is 0 Å². The topological polar surface area (TPSA) is 54.0 Å². The molecule has 2 rings (SSSR count). The first-order chi connectivity index (χ1) is 9.11. The molecule has 3 heteroatoms. The smallest absolute Gasteiger partial charge is 0.238 e. The lowest BCUT2D eigenvalue weighted by Crippen LogP contribution is -2.00. The van der Waals surface area contributed by atoms with E-state index in [0.717, 1.165) is 16.7 Å². The SMILES string of the molecule is Cc1ccc(C)c(/C=C(\C#N)C(=O)c2ccco2)c1. The first-order valence-corrected chi connectivity index (χ1v) is 5.89. The zero-order valence-corrected chi connectivity index (χ0v) is 10.8. The number of hydrogen-bond acceptors (Lipinski definition) is 3. The minimum Gasteiger partial charge on any atom is -0.461 e. The molecule has 2 aromatic rings. The van der Waals surface area contributed by atoms with Crippen molar-refractivity contribution in [3.8, 4) is 6.07 Å². The maximum atomic E-state index is 12.1. The van der Waals surface area contributed by atoms with Gasteiger partial charge in [0.05, 0.1) is 6.26 Å². The Labute approximate surface area is 111 Å². The lowest BCUT2D eigenvalue weighted by atomic mass is 10.0. The van der Waals surface area contributed by atoms with E-state index in [4.69, 9.17) is 9.68 Å². The third-order valence-electron chi connectivity index (χ3n) is 2.84. The monoisotopic (exact) mass is 251 g/mol. The second-order valence-corrected chi connectivity index (χ2v) is 4.34. The van der Waals surface area contributed by atoms with Crippen LogP contribution in [0.2, 0.25) is 0 Å². The van der Waals surface area contributed by atoms with Crippen molar-refractivity contribution in [1.29, 1.82) is 5.26 Å². The van der Waals surface area contributed by atoms with Crippen LogP contribution in [0.15, 0.2) is 46.6 Å². The minimum atomic E-state index is -0.395. The third kappa shape index (κ3) is 2.80. The molecule has 0 aliphatic heterocycles. The maximum absolute atomic E-state index is 12.1. The van der Waals surface area contributed by atoms with E-state index in [1.807, 2.05) is 38.1 Å². The van der Waals surface area contributed by atoms with Gasteiger partial charge in [-0.25, -0.2) is 0 Å². The third-order valence-corrected chi connectivity index (χ3v) is 2.84. The molecule has 0 unspecified atom stereocenters. The Hall–Kier alpha value is -2.60. The normalized spacial score (nSPS) is 11.1. The van der Waals surface area contributed by atoms with Crippen LogP contribution in [0.3, 0.4) is 0 Å². The average molecular weight is 251 g/mol. The molecule has 19 heavy (non-hydrogen) atoms. The lowest BCUT2D eigenvalue weighted by molar-refractivity contribution is 0.101. The molecule has 1 aromatic carbocycles. The highest BCUT2D eigenvalue weighted by atomic mass is 16.3. The van der Waals surface area contributed by atoms with Gasteiger partial charge >= 0.3 is 0 Å². The van der Waals surface area contributed by atoms with Crippen LogP contribution in [0.4, 0.5) is 0 Å². The van der Waals surface area contributed by atoms with E-state index in [1.54, 1.807) is 18.2 Å². The van der Waals surface area contributed by atoms with Crippen molar-refractivity contribution in [1.82, 2.24) is 0 Å². The highest BCUT2D eigenvalue weighted by Crippen LogP contribution is 2.17. The van der Waals surface area contributed by atoms with Crippen molar-refractivity contribution in [2.45, 2.75) is 13.8 Å². The van der Waals surface area contributed by atoms with Gasteiger partial charge in [0.2, 0.25) is 5.78 Å². The fourth-order valence-corrected chi connectivity index (χ4v) is 1.76. The molecule has 0 spiro atoms. The van der Waals surface area contributed by atoms with Crippen LogP contribution in [0.25, 0.3) is 6.08 Å². The van der Waals surface area contributed by atoms with E-state index in [2.05, 4.69) is 0 Å². The Balaban J connectivity index is 2.42. The molecule has 0 saturated carbocycles. The highest BCUT2D eigenvalue weighted by molar-refractivity contribution is 6.12. The van der Waals surface area contributed by atoms with Crippen LogP contribution in [-0.2, 0) is 0 Å². The largest absolute Gasteiger partial charge is 0.461 e. The van der Waals surface area contributed by atoms with Gasteiger partial charge in [-0.15, -0.1) is 0 Å². The Morgan fingerprint density at radius 2 is 2.11 bits per heavy atom. The number of aryl methyl sites for hydroxylation is 2. The first-order valence-electron chi connectivity index (χ1n) is 5.89. The van der Waals surface area contributed by atoms with Crippen molar-refractivity contribution in [2.75, 3.05) is 0 Å². The summed E-state index contributed by atoms with van der Waals surface area (Å²) in [5, 5.41) is 9.14. The Kier molecular flexibility index (Phi) is 3.63. The highest BCUT2D eigenvalue weighted by Gasteiger charge is 2.15. The number of hydrogen-bond donors (Lipinski definition) is 0. The van der Waals surface area contributed by atoms with Gasteiger partial charge in [-0.1, -0.05) is 23.8 Å². The van der Waals surface area contributed by atoms with E-state index >= 15 is 0 Å². The van der Waals surface area contributed by atoms with E-state index in [1.165, 1.54) is 6.26 Å². The number of furan rings is 1. The van der Waals surface area contributed by atoms with E-state index in [0.29, 0.717) is 0 Å². The van der Waals surface area contributed by atoms with E-state index in [9.17, 15) is 4.79 Å². The number of allylic oxidation sites excluding steroid dienone is 1. The Morgan fingerprint density at radius 1 is 1.32 bits per heavy atom. The number of rotatable bonds is 3. The van der Waals surface area contributed by atoms with Gasteiger partial charge in [0.1, 0.15) is 11.6 Å². The molecule has 1 heterocycles. The molecule has 94 valence electrons. The Morgan fingerprint density at radius 3 is 2.74 bits per heavy atom. The van der Waals surface area contributed by atoms with Gasteiger partial charge in [-0.05, 0) is 43.2 Å². The van der Waals surface area contributed by atoms with Crippen LogP contribution in [0, 0.1) is 25.2 Å². The van der Waals surface area contributed by atoms with Gasteiger partial charge in [-0.3, -0.25) is 4.79 Å². The summed E-state index contributed by atoms with van der Waals surface area (Å²) in [6, 6.07) is 11.0. The summed E-state index contributed by atoms with van der Waals surface area (Å²) in [5.41, 5.74) is 3.05. The summed E-state index contributed by atoms with van der Waals surface area (Å²) >= 11 is 0. The zero-order valence-electron chi connectivity index (χ0n) is 10.8. The molecule has 0 amide bonds.